The zero-order valence-electron chi connectivity index (χ0n) is 19.8. The molecule has 33 heavy (non-hydrogen) atoms. The molecular weight excluding hydrogens is 440 g/mol. The van der Waals surface area contributed by atoms with Gasteiger partial charge in [-0.25, -0.2) is 0 Å². The molecule has 0 N–H and O–H groups in total. The van der Waals surface area contributed by atoms with E-state index in [-0.39, 0.29) is 5.92 Å². The Morgan fingerprint density at radius 1 is 0.848 bits per heavy atom. The van der Waals surface area contributed by atoms with Gasteiger partial charge >= 0.3 is 0 Å². The van der Waals surface area contributed by atoms with Crippen LogP contribution in [-0.2, 0) is 0 Å². The number of rotatable bonds is 15. The first-order valence-corrected chi connectivity index (χ1v) is 14.6. The molecule has 0 saturated carbocycles. The highest BCUT2D eigenvalue weighted by Crippen LogP contribution is 2.43. The summed E-state index contributed by atoms with van der Waals surface area (Å²) < 4.78 is 0. The first kappa shape index (κ1) is 24.6. The molecule has 1 atom stereocenters. The largest absolute Gasteiger partial charge is 0.258 e. The molecule has 4 rings (SSSR count). The highest BCUT2D eigenvalue weighted by molar-refractivity contribution is 8.08. The molecule has 2 aliphatic carbocycles. The van der Waals surface area contributed by atoms with E-state index in [9.17, 15) is 0 Å². The Bertz CT molecular complexity index is 1030. The molecule has 1 aromatic heterocycles. The summed E-state index contributed by atoms with van der Waals surface area (Å²) in [6, 6.07) is 4.28. The molecule has 2 nitrogen and oxygen atoms in total. The third kappa shape index (κ3) is 6.54. The van der Waals surface area contributed by atoms with Crippen LogP contribution in [0.1, 0.15) is 77.0 Å². The van der Waals surface area contributed by atoms with Crippen LogP contribution >= 0.6 is 24.4 Å². The van der Waals surface area contributed by atoms with Crippen molar-refractivity contribution in [3.8, 4) is 0 Å². The fraction of sp³-hybridized carbons (Fsp3) is 0.517. The number of hydrogen-bond donors (Lipinski definition) is 1. The van der Waals surface area contributed by atoms with Crippen LogP contribution in [0, 0.1) is 5.92 Å². The Morgan fingerprint density at radius 3 is 2.27 bits per heavy atom. The average Bonchev–Trinajstić information content (AvgIpc) is 2.86. The Hall–Kier alpha value is -1.52. The Morgan fingerprint density at radius 2 is 1.55 bits per heavy atom. The molecule has 0 fully saturated rings. The maximum Gasteiger partial charge on any atom is 0.0937 e. The van der Waals surface area contributed by atoms with E-state index in [4.69, 9.17) is 9.98 Å². The molecule has 1 aromatic rings. The number of unbranched alkanes of at least 4 members (excludes halogenated alkanes) is 11. The number of dihydropyridines is 1. The van der Waals surface area contributed by atoms with E-state index >= 15 is 0 Å². The topological polar surface area (TPSA) is 25.2 Å². The van der Waals surface area contributed by atoms with E-state index in [2.05, 4.69) is 49.1 Å². The Labute approximate surface area is 209 Å². The van der Waals surface area contributed by atoms with Gasteiger partial charge in [0.1, 0.15) is 0 Å². The molecule has 2 heterocycles. The van der Waals surface area contributed by atoms with Gasteiger partial charge in [0.05, 0.1) is 17.0 Å². The van der Waals surface area contributed by atoms with E-state index in [1.807, 2.05) is 24.2 Å². The second-order valence-electron chi connectivity index (χ2n) is 9.29. The van der Waals surface area contributed by atoms with Crippen molar-refractivity contribution in [2.45, 2.75) is 77.0 Å². The van der Waals surface area contributed by atoms with Crippen LogP contribution in [0.15, 0.2) is 58.8 Å². The van der Waals surface area contributed by atoms with Crippen LogP contribution in [-0.4, -0.2) is 22.7 Å². The lowest BCUT2D eigenvalue weighted by Gasteiger charge is -2.30. The summed E-state index contributed by atoms with van der Waals surface area (Å²) in [4.78, 5) is 10.9. The number of allylic oxidation sites excluding steroid dienone is 4. The molecule has 0 amide bonds. The van der Waals surface area contributed by atoms with Crippen LogP contribution in [0.5, 0.6) is 0 Å². The highest BCUT2D eigenvalue weighted by Gasteiger charge is 2.32. The van der Waals surface area contributed by atoms with Gasteiger partial charge in [-0.3, -0.25) is 9.98 Å². The summed E-state index contributed by atoms with van der Waals surface area (Å²) in [7, 11) is 0. The lowest BCUT2D eigenvalue weighted by molar-refractivity contribution is 0.549. The van der Waals surface area contributed by atoms with E-state index in [1.54, 1.807) is 0 Å². The molecule has 3 aliphatic rings. The predicted molar refractivity (Wildman–Crippen MR) is 149 cm³/mol. The number of nitrogens with zero attached hydrogens (tertiary/aromatic N) is 2. The standard InChI is InChI=1S/C29H38N2S2/c32-21-11-9-7-5-3-1-2-4-6-8-10-12-22-33-29-24-16-13-15-23-18-20-31-28(26(23)24)27-25(29)17-14-19-30-27/h13-20,26,32H,1-12,21-22H2. The average molecular weight is 479 g/mol. The number of aromatic nitrogens is 1. The number of thiol groups is 1. The number of fused-ring (bicyclic) bond motifs is 1. The van der Waals surface area contributed by atoms with Gasteiger partial charge < -0.3 is 0 Å². The van der Waals surface area contributed by atoms with Crippen LogP contribution < -0.4 is 10.6 Å². The fourth-order valence-electron chi connectivity index (χ4n) is 5.04. The van der Waals surface area contributed by atoms with E-state index in [0.717, 1.165) is 16.8 Å². The quantitative estimate of drug-likeness (QED) is 0.222. The van der Waals surface area contributed by atoms with Crippen molar-refractivity contribution in [1.29, 1.82) is 0 Å². The van der Waals surface area contributed by atoms with Crippen LogP contribution in [0.2, 0.25) is 0 Å². The summed E-state index contributed by atoms with van der Waals surface area (Å²) in [5.41, 5.74) is 3.86. The molecule has 0 aromatic carbocycles. The summed E-state index contributed by atoms with van der Waals surface area (Å²) in [5, 5.41) is 2.33. The molecule has 0 radical (unpaired) electrons. The lowest BCUT2D eigenvalue weighted by Crippen LogP contribution is -2.39. The van der Waals surface area contributed by atoms with Crippen molar-refractivity contribution in [3.05, 3.63) is 64.3 Å². The van der Waals surface area contributed by atoms with Gasteiger partial charge in [0, 0.05) is 22.5 Å². The minimum atomic E-state index is 0.257. The maximum atomic E-state index is 4.74. The lowest BCUT2D eigenvalue weighted by atomic mass is 9.80. The van der Waals surface area contributed by atoms with Gasteiger partial charge in [-0.05, 0) is 47.6 Å². The first-order chi connectivity index (χ1) is 16.4. The molecular formula is C29H38N2S2. The van der Waals surface area contributed by atoms with Gasteiger partial charge in [-0.1, -0.05) is 88.5 Å². The van der Waals surface area contributed by atoms with Gasteiger partial charge in [0.15, 0.2) is 0 Å². The zero-order valence-corrected chi connectivity index (χ0v) is 21.6. The van der Waals surface area contributed by atoms with Crippen molar-refractivity contribution in [1.82, 2.24) is 4.98 Å². The second-order valence-corrected chi connectivity index (χ2v) is 10.8. The number of thioether (sulfide) groups is 1. The van der Waals surface area contributed by atoms with Crippen LogP contribution in [0.25, 0.3) is 10.6 Å². The monoisotopic (exact) mass is 478 g/mol. The highest BCUT2D eigenvalue weighted by atomic mass is 32.2. The SMILES string of the molecule is SCCCCCCCCCCCCCCSC1=c2cccnc2=C2N=CC=C3C=CC=C1C32. The van der Waals surface area contributed by atoms with Crippen LogP contribution in [0.4, 0.5) is 0 Å². The number of pyridine rings is 1. The van der Waals surface area contributed by atoms with E-state index in [1.165, 1.54) is 104 Å². The molecule has 1 unspecified atom stereocenters. The summed E-state index contributed by atoms with van der Waals surface area (Å²) >= 11 is 6.31. The normalized spacial score (nSPS) is 18.2. The van der Waals surface area contributed by atoms with Crippen molar-refractivity contribution in [2.75, 3.05) is 11.5 Å². The summed E-state index contributed by atoms with van der Waals surface area (Å²) in [5.74, 6) is 2.49. The summed E-state index contributed by atoms with van der Waals surface area (Å²) in [6.45, 7) is 0. The molecule has 4 heteroatoms. The summed E-state index contributed by atoms with van der Waals surface area (Å²) in [6.07, 6.45) is 29.2. The third-order valence-electron chi connectivity index (χ3n) is 6.82. The number of aliphatic imine (C=N–C) groups is 1. The molecule has 176 valence electrons. The first-order valence-electron chi connectivity index (χ1n) is 13.0. The molecule has 0 saturated heterocycles. The predicted octanol–water partition coefficient (Wildman–Crippen LogP) is 6.78. The number of hydrogen-bond acceptors (Lipinski definition) is 4. The van der Waals surface area contributed by atoms with Gasteiger partial charge in [0.25, 0.3) is 0 Å². The minimum Gasteiger partial charge on any atom is -0.258 e. The maximum absolute atomic E-state index is 4.74. The fourth-order valence-corrected chi connectivity index (χ4v) is 6.49. The van der Waals surface area contributed by atoms with Gasteiger partial charge in [-0.15, -0.1) is 11.8 Å². The Balaban J connectivity index is 1.21. The molecule has 1 aliphatic heterocycles. The van der Waals surface area contributed by atoms with Crippen molar-refractivity contribution in [2.24, 2.45) is 10.9 Å². The van der Waals surface area contributed by atoms with Gasteiger partial charge in [-0.2, -0.15) is 12.6 Å². The molecule has 0 spiro atoms. The van der Waals surface area contributed by atoms with Crippen molar-refractivity contribution >= 4 is 41.2 Å². The Kier molecular flexibility index (Phi) is 9.98. The smallest absolute Gasteiger partial charge is 0.0937 e. The van der Waals surface area contributed by atoms with Gasteiger partial charge in [0.2, 0.25) is 0 Å². The molecule has 0 bridgehead atoms. The second kappa shape index (κ2) is 13.4. The minimum absolute atomic E-state index is 0.257. The van der Waals surface area contributed by atoms with Crippen molar-refractivity contribution < 1.29 is 0 Å². The van der Waals surface area contributed by atoms with E-state index in [0.29, 0.717) is 0 Å². The van der Waals surface area contributed by atoms with Crippen molar-refractivity contribution in [3.63, 3.8) is 0 Å². The third-order valence-corrected chi connectivity index (χ3v) is 8.37. The van der Waals surface area contributed by atoms with E-state index < -0.39 is 0 Å². The zero-order chi connectivity index (χ0) is 22.7. The van der Waals surface area contributed by atoms with Crippen LogP contribution in [0.3, 0.4) is 0 Å².